The zero-order valence-corrected chi connectivity index (χ0v) is 19.7. The third kappa shape index (κ3) is 5.46. The lowest BCUT2D eigenvalue weighted by Crippen LogP contribution is -2.49. The second kappa shape index (κ2) is 11.1. The maximum atomic E-state index is 14.2. The smallest absolute Gasteiger partial charge is 0.342 e. The number of piperazine rings is 1. The van der Waals surface area contributed by atoms with Crippen LogP contribution in [0.15, 0.2) is 54.6 Å². The van der Waals surface area contributed by atoms with Crippen molar-refractivity contribution in [2.24, 2.45) is 0 Å². The van der Waals surface area contributed by atoms with Crippen LogP contribution in [-0.4, -0.2) is 73.2 Å². The fourth-order valence-electron chi connectivity index (χ4n) is 3.99. The minimum atomic E-state index is -0.674. The first-order valence-corrected chi connectivity index (χ1v) is 11.4. The van der Waals surface area contributed by atoms with Crippen LogP contribution in [0.1, 0.15) is 26.5 Å². The van der Waals surface area contributed by atoms with E-state index in [0.717, 1.165) is 5.56 Å². The van der Waals surface area contributed by atoms with Gasteiger partial charge < -0.3 is 19.3 Å². The van der Waals surface area contributed by atoms with E-state index in [1.807, 2.05) is 35.2 Å². The summed E-state index contributed by atoms with van der Waals surface area (Å²) in [6.07, 6.45) is 0. The lowest BCUT2D eigenvalue weighted by molar-refractivity contribution is 0.0381. The summed E-state index contributed by atoms with van der Waals surface area (Å²) in [5.41, 5.74) is 1.63. The van der Waals surface area contributed by atoms with Crippen molar-refractivity contribution >= 4 is 17.6 Å². The zero-order chi connectivity index (χ0) is 24.8. The van der Waals surface area contributed by atoms with E-state index < -0.39 is 5.97 Å². The molecular weight excluding hydrogens is 451 g/mol. The third-order valence-electron chi connectivity index (χ3n) is 5.81. The van der Waals surface area contributed by atoms with E-state index in [1.165, 1.54) is 13.2 Å². The molecule has 1 saturated heterocycles. The molecule has 0 saturated carbocycles. The molecule has 1 aliphatic rings. The molecule has 182 valence electrons. The number of halogens is 1. The highest BCUT2D eigenvalue weighted by atomic mass is 19.1. The standard InChI is InChI=1S/C26H27FN4O4/c1-18-22(26(33)35-17-16-34-2)23(29-24(28-18)19-8-4-3-5-9-19)25(32)31-14-12-30(13-15-31)21-11-7-6-10-20(21)27/h3-11H,12-17H2,1-2H3. The van der Waals surface area contributed by atoms with Crippen LogP contribution in [0.3, 0.4) is 0 Å². The molecule has 2 heterocycles. The number of benzene rings is 2. The number of aromatic nitrogens is 2. The Bertz CT molecular complexity index is 1200. The normalized spacial score (nSPS) is 13.6. The Balaban J connectivity index is 1.62. The van der Waals surface area contributed by atoms with Crippen LogP contribution >= 0.6 is 0 Å². The molecule has 0 spiro atoms. The minimum absolute atomic E-state index is 0.00175. The topological polar surface area (TPSA) is 84.9 Å². The molecular formula is C26H27FN4O4. The average molecular weight is 479 g/mol. The number of aryl methyl sites for hydroxylation is 1. The van der Waals surface area contributed by atoms with Gasteiger partial charge in [0.05, 0.1) is 18.0 Å². The number of hydrogen-bond acceptors (Lipinski definition) is 7. The van der Waals surface area contributed by atoms with Crippen LogP contribution in [-0.2, 0) is 9.47 Å². The zero-order valence-electron chi connectivity index (χ0n) is 19.7. The number of nitrogens with zero attached hydrogens (tertiary/aromatic N) is 4. The Labute approximate surface area is 203 Å². The molecule has 8 nitrogen and oxygen atoms in total. The van der Waals surface area contributed by atoms with E-state index in [9.17, 15) is 14.0 Å². The summed E-state index contributed by atoms with van der Waals surface area (Å²) in [6, 6.07) is 15.8. The monoisotopic (exact) mass is 478 g/mol. The van der Waals surface area contributed by atoms with E-state index in [1.54, 1.807) is 30.0 Å². The van der Waals surface area contributed by atoms with Crippen LogP contribution in [0.25, 0.3) is 11.4 Å². The van der Waals surface area contributed by atoms with Crippen molar-refractivity contribution in [1.29, 1.82) is 0 Å². The van der Waals surface area contributed by atoms with Crippen LogP contribution in [0.2, 0.25) is 0 Å². The van der Waals surface area contributed by atoms with Crippen molar-refractivity contribution in [3.8, 4) is 11.4 Å². The molecule has 0 radical (unpaired) electrons. The van der Waals surface area contributed by atoms with E-state index in [4.69, 9.17) is 9.47 Å². The molecule has 1 amide bonds. The molecule has 9 heteroatoms. The predicted octanol–water partition coefficient (Wildman–Crippen LogP) is 3.36. The summed E-state index contributed by atoms with van der Waals surface area (Å²) < 4.78 is 24.5. The van der Waals surface area contributed by atoms with Crippen LogP contribution < -0.4 is 4.90 Å². The summed E-state index contributed by atoms with van der Waals surface area (Å²) in [5, 5.41) is 0. The molecule has 0 N–H and O–H groups in total. The van der Waals surface area contributed by atoms with Crippen molar-refractivity contribution < 1.29 is 23.5 Å². The van der Waals surface area contributed by atoms with Gasteiger partial charge in [0.15, 0.2) is 5.82 Å². The van der Waals surface area contributed by atoms with Crippen LogP contribution in [0.5, 0.6) is 0 Å². The maximum Gasteiger partial charge on any atom is 0.342 e. The molecule has 0 bridgehead atoms. The van der Waals surface area contributed by atoms with Crippen molar-refractivity contribution in [1.82, 2.24) is 14.9 Å². The average Bonchev–Trinajstić information content (AvgIpc) is 2.89. The predicted molar refractivity (Wildman–Crippen MR) is 129 cm³/mol. The first-order valence-electron chi connectivity index (χ1n) is 11.4. The van der Waals surface area contributed by atoms with Crippen molar-refractivity contribution in [2.45, 2.75) is 6.92 Å². The molecule has 0 unspecified atom stereocenters. The number of ether oxygens (including phenoxy) is 2. The number of anilines is 1. The first-order chi connectivity index (χ1) is 17.0. The number of amides is 1. The third-order valence-corrected chi connectivity index (χ3v) is 5.81. The molecule has 0 atom stereocenters. The summed E-state index contributed by atoms with van der Waals surface area (Å²) >= 11 is 0. The molecule has 3 aromatic rings. The van der Waals surface area contributed by atoms with Gasteiger partial charge in [-0.05, 0) is 19.1 Å². The molecule has 0 aliphatic carbocycles. The Hall–Kier alpha value is -3.85. The Morgan fingerprint density at radius 1 is 0.943 bits per heavy atom. The summed E-state index contributed by atoms with van der Waals surface area (Å²) in [6.45, 7) is 3.56. The number of carbonyl (C=O) groups excluding carboxylic acids is 2. The number of hydrogen-bond donors (Lipinski definition) is 0. The summed E-state index contributed by atoms with van der Waals surface area (Å²) in [4.78, 5) is 39.0. The van der Waals surface area contributed by atoms with Crippen molar-refractivity contribution in [3.63, 3.8) is 0 Å². The number of para-hydroxylation sites is 1. The number of rotatable bonds is 7. The highest BCUT2D eigenvalue weighted by Crippen LogP contribution is 2.24. The van der Waals surface area contributed by atoms with Gasteiger partial charge in [-0.2, -0.15) is 0 Å². The van der Waals surface area contributed by atoms with E-state index in [-0.39, 0.29) is 36.2 Å². The van der Waals surface area contributed by atoms with Crippen molar-refractivity contribution in [3.05, 3.63) is 77.4 Å². The molecule has 1 fully saturated rings. The highest BCUT2D eigenvalue weighted by molar-refractivity contribution is 6.05. The Morgan fingerprint density at radius 3 is 2.31 bits per heavy atom. The van der Waals surface area contributed by atoms with Gasteiger partial charge in [-0.1, -0.05) is 42.5 Å². The van der Waals surface area contributed by atoms with Gasteiger partial charge in [0, 0.05) is 38.9 Å². The highest BCUT2D eigenvalue weighted by Gasteiger charge is 2.30. The lowest BCUT2D eigenvalue weighted by atomic mass is 10.1. The molecule has 4 rings (SSSR count). The second-order valence-corrected chi connectivity index (χ2v) is 8.08. The molecule has 35 heavy (non-hydrogen) atoms. The SMILES string of the molecule is COCCOC(=O)c1c(C)nc(-c2ccccc2)nc1C(=O)N1CCN(c2ccccc2F)CC1. The minimum Gasteiger partial charge on any atom is -0.460 e. The quantitative estimate of drug-likeness (QED) is 0.380. The number of esters is 1. The van der Waals surface area contributed by atoms with Gasteiger partial charge >= 0.3 is 5.97 Å². The molecule has 1 aliphatic heterocycles. The van der Waals surface area contributed by atoms with Gasteiger partial charge in [-0.15, -0.1) is 0 Å². The van der Waals surface area contributed by atoms with Gasteiger partial charge in [0.2, 0.25) is 0 Å². The number of carbonyl (C=O) groups is 2. The van der Waals surface area contributed by atoms with Gasteiger partial charge in [-0.25, -0.2) is 19.2 Å². The van der Waals surface area contributed by atoms with Crippen LogP contribution in [0.4, 0.5) is 10.1 Å². The molecule has 1 aromatic heterocycles. The largest absolute Gasteiger partial charge is 0.460 e. The maximum absolute atomic E-state index is 14.2. The van der Waals surface area contributed by atoms with Gasteiger partial charge in [-0.3, -0.25) is 4.79 Å². The Morgan fingerprint density at radius 2 is 1.63 bits per heavy atom. The second-order valence-electron chi connectivity index (χ2n) is 8.08. The fraction of sp³-hybridized carbons (Fsp3) is 0.308. The summed E-state index contributed by atoms with van der Waals surface area (Å²) in [5.74, 6) is -1.01. The van der Waals surface area contributed by atoms with Crippen molar-refractivity contribution in [2.75, 3.05) is 51.4 Å². The first kappa shape index (κ1) is 24.3. The van der Waals surface area contributed by atoms with E-state index in [2.05, 4.69) is 9.97 Å². The Kier molecular flexibility index (Phi) is 7.67. The van der Waals surface area contributed by atoms with E-state index >= 15 is 0 Å². The molecule has 2 aromatic carbocycles. The number of methoxy groups -OCH3 is 1. The lowest BCUT2D eigenvalue weighted by Gasteiger charge is -2.36. The van der Waals surface area contributed by atoms with Crippen LogP contribution in [0, 0.1) is 12.7 Å². The van der Waals surface area contributed by atoms with Gasteiger partial charge in [0.25, 0.3) is 5.91 Å². The van der Waals surface area contributed by atoms with Gasteiger partial charge in [0.1, 0.15) is 23.7 Å². The van der Waals surface area contributed by atoms with E-state index in [0.29, 0.717) is 43.4 Å². The fourth-order valence-corrected chi connectivity index (χ4v) is 3.99. The summed E-state index contributed by atoms with van der Waals surface area (Å²) in [7, 11) is 1.51.